The molecule has 0 radical (unpaired) electrons. The molecule has 0 spiro atoms. The molecule has 2 aromatic carbocycles. The second kappa shape index (κ2) is 7.87. The number of esters is 1. The monoisotopic (exact) mass is 391 g/mol. The minimum atomic E-state index is -0.740. The number of aryl methyl sites for hydroxylation is 2. The summed E-state index contributed by atoms with van der Waals surface area (Å²) in [5, 5.41) is 7.75. The number of carbonyl (C=O) groups is 2. The van der Waals surface area contributed by atoms with E-state index in [1.54, 1.807) is 24.3 Å². The van der Waals surface area contributed by atoms with Crippen molar-refractivity contribution in [3.05, 3.63) is 75.7 Å². The zero-order valence-corrected chi connectivity index (χ0v) is 16.1. The van der Waals surface area contributed by atoms with Crippen LogP contribution in [-0.2, 0) is 23.0 Å². The summed E-state index contributed by atoms with van der Waals surface area (Å²) < 4.78 is 6.29. The van der Waals surface area contributed by atoms with Gasteiger partial charge in [0.2, 0.25) is 0 Å². The SMILES string of the molecule is Cn1nc(C(=O)OCC(=O)N[C@@H]2CCCc3ccccc32)c2ccccc2c1=O. The van der Waals surface area contributed by atoms with Gasteiger partial charge in [-0.3, -0.25) is 9.59 Å². The van der Waals surface area contributed by atoms with E-state index in [1.165, 1.54) is 12.6 Å². The molecular formula is C22H21N3O4. The topological polar surface area (TPSA) is 90.3 Å². The third-order valence-electron chi connectivity index (χ3n) is 5.19. The molecule has 0 fully saturated rings. The summed E-state index contributed by atoms with van der Waals surface area (Å²) in [7, 11) is 1.47. The summed E-state index contributed by atoms with van der Waals surface area (Å²) in [4.78, 5) is 37.1. The van der Waals surface area contributed by atoms with Crippen molar-refractivity contribution in [1.29, 1.82) is 0 Å². The quantitative estimate of drug-likeness (QED) is 0.689. The van der Waals surface area contributed by atoms with Crippen molar-refractivity contribution in [3.63, 3.8) is 0 Å². The fraction of sp³-hybridized carbons (Fsp3) is 0.273. The average molecular weight is 391 g/mol. The number of amides is 1. The van der Waals surface area contributed by atoms with Crippen molar-refractivity contribution in [1.82, 2.24) is 15.1 Å². The highest BCUT2D eigenvalue weighted by atomic mass is 16.5. The number of nitrogens with one attached hydrogen (secondary N) is 1. The number of hydrogen-bond acceptors (Lipinski definition) is 5. The number of hydrogen-bond donors (Lipinski definition) is 1. The predicted octanol–water partition coefficient (Wildman–Crippen LogP) is 2.28. The molecule has 7 nitrogen and oxygen atoms in total. The Labute approximate surface area is 167 Å². The minimum absolute atomic E-state index is 0.0125. The Morgan fingerprint density at radius 1 is 1.14 bits per heavy atom. The zero-order chi connectivity index (χ0) is 20.4. The van der Waals surface area contributed by atoms with Crippen LogP contribution in [0.25, 0.3) is 10.8 Å². The smallest absolute Gasteiger partial charge is 0.359 e. The summed E-state index contributed by atoms with van der Waals surface area (Å²) in [5.74, 6) is -1.11. The lowest BCUT2D eigenvalue weighted by Crippen LogP contribution is -2.34. The lowest BCUT2D eigenvalue weighted by atomic mass is 9.88. The Morgan fingerprint density at radius 3 is 2.69 bits per heavy atom. The van der Waals surface area contributed by atoms with Crippen LogP contribution in [0.2, 0.25) is 0 Å². The molecule has 1 N–H and O–H groups in total. The van der Waals surface area contributed by atoms with Gasteiger partial charge in [0.25, 0.3) is 11.5 Å². The van der Waals surface area contributed by atoms with Crippen molar-refractivity contribution in [2.24, 2.45) is 7.05 Å². The lowest BCUT2D eigenvalue weighted by molar-refractivity contribution is -0.125. The highest BCUT2D eigenvalue weighted by Gasteiger charge is 2.23. The molecule has 0 unspecified atom stereocenters. The summed E-state index contributed by atoms with van der Waals surface area (Å²) in [6.07, 6.45) is 2.85. The largest absolute Gasteiger partial charge is 0.451 e. The summed E-state index contributed by atoms with van der Waals surface area (Å²) in [6.45, 7) is -0.406. The van der Waals surface area contributed by atoms with Gasteiger partial charge in [0, 0.05) is 12.4 Å². The fourth-order valence-electron chi connectivity index (χ4n) is 3.79. The number of nitrogens with zero attached hydrogens (tertiary/aromatic N) is 2. The number of carbonyl (C=O) groups excluding carboxylic acids is 2. The van der Waals surface area contributed by atoms with Gasteiger partial charge in [-0.25, -0.2) is 9.48 Å². The van der Waals surface area contributed by atoms with E-state index in [2.05, 4.69) is 16.5 Å². The molecule has 1 amide bonds. The first kappa shape index (κ1) is 18.9. The molecule has 1 heterocycles. The molecule has 148 valence electrons. The summed E-state index contributed by atoms with van der Waals surface area (Å²) in [6, 6.07) is 14.7. The van der Waals surface area contributed by atoms with Gasteiger partial charge in [-0.15, -0.1) is 0 Å². The number of ether oxygens (including phenoxy) is 1. The maximum atomic E-state index is 12.5. The molecule has 29 heavy (non-hydrogen) atoms. The Balaban J connectivity index is 1.46. The van der Waals surface area contributed by atoms with Crippen LogP contribution in [0.4, 0.5) is 0 Å². The van der Waals surface area contributed by atoms with E-state index in [0.29, 0.717) is 10.8 Å². The third kappa shape index (κ3) is 3.76. The number of benzene rings is 2. The maximum absolute atomic E-state index is 12.5. The zero-order valence-electron chi connectivity index (χ0n) is 16.1. The highest BCUT2D eigenvalue weighted by Crippen LogP contribution is 2.29. The Morgan fingerprint density at radius 2 is 1.86 bits per heavy atom. The molecule has 0 aliphatic heterocycles. The van der Waals surface area contributed by atoms with Gasteiger partial charge in [-0.05, 0) is 36.5 Å². The molecule has 1 atom stereocenters. The van der Waals surface area contributed by atoms with E-state index < -0.39 is 12.6 Å². The molecule has 0 saturated carbocycles. The standard InChI is InChI=1S/C22H21N3O4/c1-25-21(27)17-11-5-4-10-16(17)20(24-25)22(28)29-13-19(26)23-18-12-6-8-14-7-2-3-9-15(14)18/h2-5,7,9-11,18H,6,8,12-13H2,1H3,(H,23,26)/t18-/m1/s1. The van der Waals surface area contributed by atoms with Gasteiger partial charge in [-0.1, -0.05) is 42.5 Å². The Kier molecular flexibility index (Phi) is 5.12. The van der Waals surface area contributed by atoms with E-state index in [4.69, 9.17) is 4.74 Å². The van der Waals surface area contributed by atoms with Crippen LogP contribution in [0, 0.1) is 0 Å². The maximum Gasteiger partial charge on any atom is 0.359 e. The van der Waals surface area contributed by atoms with E-state index >= 15 is 0 Å². The van der Waals surface area contributed by atoms with Crippen molar-refractivity contribution in [2.75, 3.05) is 6.61 Å². The van der Waals surface area contributed by atoms with Crippen LogP contribution in [0.3, 0.4) is 0 Å². The summed E-state index contributed by atoms with van der Waals surface area (Å²) in [5.41, 5.74) is 2.07. The molecule has 7 heteroatoms. The van der Waals surface area contributed by atoms with Crippen LogP contribution >= 0.6 is 0 Å². The molecule has 1 aliphatic carbocycles. The van der Waals surface area contributed by atoms with Crippen molar-refractivity contribution in [2.45, 2.75) is 25.3 Å². The minimum Gasteiger partial charge on any atom is -0.451 e. The molecule has 4 rings (SSSR count). The average Bonchev–Trinajstić information content (AvgIpc) is 2.75. The van der Waals surface area contributed by atoms with Crippen molar-refractivity contribution < 1.29 is 14.3 Å². The van der Waals surface area contributed by atoms with Gasteiger partial charge >= 0.3 is 5.97 Å². The fourth-order valence-corrected chi connectivity index (χ4v) is 3.79. The molecule has 1 aromatic heterocycles. The van der Waals surface area contributed by atoms with E-state index in [1.807, 2.05) is 18.2 Å². The van der Waals surface area contributed by atoms with E-state index in [9.17, 15) is 14.4 Å². The molecule has 0 saturated heterocycles. The van der Waals surface area contributed by atoms with Crippen LogP contribution in [0.5, 0.6) is 0 Å². The number of fused-ring (bicyclic) bond motifs is 2. The van der Waals surface area contributed by atoms with Gasteiger partial charge in [0.05, 0.1) is 11.4 Å². The normalized spacial score (nSPS) is 15.6. The van der Waals surface area contributed by atoms with Crippen molar-refractivity contribution in [3.8, 4) is 0 Å². The summed E-state index contributed by atoms with van der Waals surface area (Å²) >= 11 is 0. The Hall–Kier alpha value is -3.48. The first-order valence-corrected chi connectivity index (χ1v) is 9.55. The van der Waals surface area contributed by atoms with E-state index in [0.717, 1.165) is 29.5 Å². The van der Waals surface area contributed by atoms with Crippen molar-refractivity contribution >= 4 is 22.6 Å². The highest BCUT2D eigenvalue weighted by molar-refractivity contribution is 6.02. The molecule has 3 aromatic rings. The number of aromatic nitrogens is 2. The first-order chi connectivity index (χ1) is 14.0. The molecule has 0 bridgehead atoms. The van der Waals surface area contributed by atoms with Crippen LogP contribution in [-0.4, -0.2) is 28.3 Å². The van der Waals surface area contributed by atoms with Crippen LogP contribution in [0.1, 0.15) is 40.5 Å². The van der Waals surface area contributed by atoms with Gasteiger partial charge < -0.3 is 10.1 Å². The molecule has 1 aliphatic rings. The number of rotatable bonds is 4. The van der Waals surface area contributed by atoms with E-state index in [-0.39, 0.29) is 23.2 Å². The van der Waals surface area contributed by atoms with Gasteiger partial charge in [0.1, 0.15) is 0 Å². The van der Waals surface area contributed by atoms with Crippen LogP contribution < -0.4 is 10.9 Å². The van der Waals surface area contributed by atoms with Crippen LogP contribution in [0.15, 0.2) is 53.3 Å². The predicted molar refractivity (Wildman–Crippen MR) is 108 cm³/mol. The third-order valence-corrected chi connectivity index (χ3v) is 5.19. The second-order valence-corrected chi connectivity index (χ2v) is 7.11. The van der Waals surface area contributed by atoms with Gasteiger partial charge in [0.15, 0.2) is 12.3 Å². The van der Waals surface area contributed by atoms with Gasteiger partial charge in [-0.2, -0.15) is 5.10 Å². The first-order valence-electron chi connectivity index (χ1n) is 9.55. The lowest BCUT2D eigenvalue weighted by Gasteiger charge is -2.26. The Bertz CT molecular complexity index is 1150. The molecular weight excluding hydrogens is 370 g/mol. The second-order valence-electron chi connectivity index (χ2n) is 7.11.